The third kappa shape index (κ3) is 4.85. The molecular weight excluding hydrogens is 386 g/mol. The Balaban J connectivity index is 3.07. The minimum atomic E-state index is -4.55. The standard InChI is InChI=1S/C11H14IO6P/c1-11(2,7-17-19(14,15)16)9-6-4-3-5-8(9)10(13)18-12/h3-6H,7H2,1-2H3,(H2,14,15,16). The summed E-state index contributed by atoms with van der Waals surface area (Å²) in [4.78, 5) is 29.2. The zero-order valence-electron chi connectivity index (χ0n) is 10.4. The molecule has 0 spiro atoms. The lowest BCUT2D eigenvalue weighted by Crippen LogP contribution is -2.26. The van der Waals surface area contributed by atoms with Gasteiger partial charge in [-0.3, -0.25) is 4.52 Å². The highest BCUT2D eigenvalue weighted by Crippen LogP contribution is 2.39. The number of phosphoric ester groups is 1. The van der Waals surface area contributed by atoms with Gasteiger partial charge in [-0.15, -0.1) is 0 Å². The minimum absolute atomic E-state index is 0.219. The molecule has 0 saturated heterocycles. The van der Waals surface area contributed by atoms with Crippen LogP contribution in [0.2, 0.25) is 0 Å². The van der Waals surface area contributed by atoms with Gasteiger partial charge in [0.05, 0.1) is 12.2 Å². The van der Waals surface area contributed by atoms with Gasteiger partial charge in [-0.1, -0.05) is 32.0 Å². The molecule has 2 N–H and O–H groups in total. The van der Waals surface area contributed by atoms with E-state index in [1.807, 2.05) is 0 Å². The van der Waals surface area contributed by atoms with E-state index in [0.717, 1.165) is 0 Å². The van der Waals surface area contributed by atoms with E-state index < -0.39 is 19.2 Å². The topological polar surface area (TPSA) is 93.1 Å². The first-order valence-corrected chi connectivity index (χ1v) is 7.71. The van der Waals surface area contributed by atoms with Gasteiger partial charge in [0.2, 0.25) is 0 Å². The number of phosphoric acid groups is 1. The Labute approximate surface area is 125 Å². The summed E-state index contributed by atoms with van der Waals surface area (Å²) in [6, 6.07) is 6.71. The van der Waals surface area contributed by atoms with Gasteiger partial charge in [0.1, 0.15) is 0 Å². The van der Waals surface area contributed by atoms with Crippen LogP contribution in [0.3, 0.4) is 0 Å². The summed E-state index contributed by atoms with van der Waals surface area (Å²) in [5.74, 6) is -0.513. The highest BCUT2D eigenvalue weighted by atomic mass is 127. The molecule has 8 heteroatoms. The largest absolute Gasteiger partial charge is 0.469 e. The van der Waals surface area contributed by atoms with Gasteiger partial charge in [-0.25, -0.2) is 9.36 Å². The molecule has 0 saturated carbocycles. The molecule has 0 aliphatic rings. The quantitative estimate of drug-likeness (QED) is 0.583. The van der Waals surface area contributed by atoms with Crippen LogP contribution in [-0.4, -0.2) is 22.4 Å². The highest BCUT2D eigenvalue weighted by Gasteiger charge is 2.29. The summed E-state index contributed by atoms with van der Waals surface area (Å²) >= 11 is 1.49. The Morgan fingerprint density at radius 2 is 1.95 bits per heavy atom. The van der Waals surface area contributed by atoms with Crippen molar-refractivity contribution in [3.8, 4) is 0 Å². The molecule has 19 heavy (non-hydrogen) atoms. The highest BCUT2D eigenvalue weighted by molar-refractivity contribution is 14.1. The smallest absolute Gasteiger partial charge is 0.391 e. The number of halogens is 1. The van der Waals surface area contributed by atoms with Crippen molar-refractivity contribution in [2.24, 2.45) is 0 Å². The van der Waals surface area contributed by atoms with Gasteiger partial charge in [0.25, 0.3) is 0 Å². The fraction of sp³-hybridized carbons (Fsp3) is 0.364. The van der Waals surface area contributed by atoms with Crippen LogP contribution in [0.4, 0.5) is 0 Å². The van der Waals surface area contributed by atoms with Crippen LogP contribution in [-0.2, 0) is 17.6 Å². The summed E-state index contributed by atoms with van der Waals surface area (Å²) < 4.78 is 19.9. The van der Waals surface area contributed by atoms with E-state index in [0.29, 0.717) is 11.1 Å². The van der Waals surface area contributed by atoms with E-state index in [9.17, 15) is 9.36 Å². The number of carbonyl (C=O) groups excluding carboxylic acids is 1. The van der Waals surface area contributed by atoms with Crippen LogP contribution in [0.25, 0.3) is 0 Å². The average Bonchev–Trinajstić information content (AvgIpc) is 2.35. The summed E-state index contributed by atoms with van der Waals surface area (Å²) in [6.07, 6.45) is 0. The number of hydrogen-bond acceptors (Lipinski definition) is 4. The predicted molar refractivity (Wildman–Crippen MR) is 76.9 cm³/mol. The summed E-state index contributed by atoms with van der Waals surface area (Å²) in [7, 11) is -4.55. The first-order chi connectivity index (χ1) is 8.67. The number of benzene rings is 1. The molecule has 0 aliphatic heterocycles. The summed E-state index contributed by atoms with van der Waals surface area (Å²) in [5, 5.41) is 0. The first kappa shape index (κ1) is 16.6. The molecule has 0 aromatic heterocycles. The van der Waals surface area contributed by atoms with Crippen molar-refractivity contribution in [2.75, 3.05) is 6.61 Å². The molecular formula is C11H14IO6P. The molecule has 0 fully saturated rings. The third-order valence-corrected chi connectivity index (χ3v) is 3.41. The molecule has 0 heterocycles. The van der Waals surface area contributed by atoms with Crippen LogP contribution >= 0.6 is 30.8 Å². The van der Waals surface area contributed by atoms with Crippen molar-refractivity contribution in [1.29, 1.82) is 0 Å². The number of carbonyl (C=O) groups is 1. The first-order valence-electron chi connectivity index (χ1n) is 5.30. The lowest BCUT2D eigenvalue weighted by Gasteiger charge is -2.26. The van der Waals surface area contributed by atoms with Crippen LogP contribution in [0.15, 0.2) is 24.3 Å². The predicted octanol–water partition coefficient (Wildman–Crippen LogP) is 2.58. The van der Waals surface area contributed by atoms with Crippen LogP contribution in [0.5, 0.6) is 0 Å². The Morgan fingerprint density at radius 1 is 1.37 bits per heavy atom. The maximum absolute atomic E-state index is 11.7. The van der Waals surface area contributed by atoms with Crippen LogP contribution in [0.1, 0.15) is 29.8 Å². The van der Waals surface area contributed by atoms with Gasteiger partial charge in [-0.05, 0) is 11.6 Å². The molecule has 0 bridgehead atoms. The zero-order valence-corrected chi connectivity index (χ0v) is 13.4. The molecule has 6 nitrogen and oxygen atoms in total. The molecule has 0 radical (unpaired) electrons. The van der Waals surface area contributed by atoms with Crippen LogP contribution < -0.4 is 0 Å². The van der Waals surface area contributed by atoms with Gasteiger partial charge in [0.15, 0.2) is 23.0 Å². The van der Waals surface area contributed by atoms with E-state index >= 15 is 0 Å². The lowest BCUT2D eigenvalue weighted by molar-refractivity contribution is 0.0796. The van der Waals surface area contributed by atoms with Crippen LogP contribution in [0, 0.1) is 0 Å². The van der Waals surface area contributed by atoms with Gasteiger partial charge in [0, 0.05) is 5.41 Å². The monoisotopic (exact) mass is 400 g/mol. The van der Waals surface area contributed by atoms with Crippen molar-refractivity contribution in [2.45, 2.75) is 19.3 Å². The molecule has 1 rings (SSSR count). The van der Waals surface area contributed by atoms with E-state index in [2.05, 4.69) is 7.59 Å². The SMILES string of the molecule is CC(C)(COP(=O)(O)O)c1ccccc1C(=O)OI. The van der Waals surface area contributed by atoms with Gasteiger partial charge >= 0.3 is 13.8 Å². The van der Waals surface area contributed by atoms with E-state index in [-0.39, 0.29) is 6.61 Å². The van der Waals surface area contributed by atoms with E-state index in [1.165, 1.54) is 23.0 Å². The normalized spacial score (nSPS) is 12.3. The second-order valence-corrected chi connectivity index (χ2v) is 6.24. The fourth-order valence-electron chi connectivity index (χ4n) is 1.62. The summed E-state index contributed by atoms with van der Waals surface area (Å²) in [5.41, 5.74) is 0.198. The van der Waals surface area contributed by atoms with E-state index in [1.54, 1.807) is 38.1 Å². The van der Waals surface area contributed by atoms with Gasteiger partial charge < -0.3 is 12.9 Å². The molecule has 1 aromatic rings. The molecule has 106 valence electrons. The Hall–Kier alpha value is -0.470. The average molecular weight is 400 g/mol. The molecule has 0 aliphatic carbocycles. The lowest BCUT2D eigenvalue weighted by atomic mass is 9.82. The van der Waals surface area contributed by atoms with Crippen molar-refractivity contribution >= 4 is 36.8 Å². The molecule has 0 unspecified atom stereocenters. The molecule has 0 amide bonds. The van der Waals surface area contributed by atoms with Crippen molar-refractivity contribution in [3.05, 3.63) is 35.4 Å². The third-order valence-electron chi connectivity index (χ3n) is 2.54. The number of hydrogen-bond donors (Lipinski definition) is 2. The molecule has 0 atom stereocenters. The number of rotatable bonds is 5. The molecule has 1 aromatic carbocycles. The maximum atomic E-state index is 11.7. The second-order valence-electron chi connectivity index (χ2n) is 4.56. The van der Waals surface area contributed by atoms with E-state index in [4.69, 9.17) is 9.79 Å². The minimum Gasteiger partial charge on any atom is -0.391 e. The fourth-order valence-corrected chi connectivity index (χ4v) is 2.34. The Morgan fingerprint density at radius 3 is 2.47 bits per heavy atom. The van der Waals surface area contributed by atoms with Crippen molar-refractivity contribution in [1.82, 2.24) is 0 Å². The van der Waals surface area contributed by atoms with Crippen molar-refractivity contribution in [3.63, 3.8) is 0 Å². The van der Waals surface area contributed by atoms with Crippen molar-refractivity contribution < 1.29 is 26.7 Å². The summed E-state index contributed by atoms with van der Waals surface area (Å²) in [6.45, 7) is 3.23. The van der Waals surface area contributed by atoms with Gasteiger partial charge in [-0.2, -0.15) is 0 Å². The zero-order chi connectivity index (χ0) is 14.7. The Kier molecular flexibility index (Phi) is 5.52. The maximum Gasteiger partial charge on any atom is 0.469 e. The Bertz CT molecular complexity index is 510. The second kappa shape index (κ2) is 6.32.